The van der Waals surface area contributed by atoms with Crippen LogP contribution in [0.5, 0.6) is 17.2 Å². The van der Waals surface area contributed by atoms with Crippen LogP contribution in [0, 0.1) is 17.8 Å². The molecule has 0 bridgehead atoms. The van der Waals surface area contributed by atoms with Crippen molar-refractivity contribution in [1.29, 1.82) is 0 Å². The van der Waals surface area contributed by atoms with E-state index in [4.69, 9.17) is 14.2 Å². The Morgan fingerprint density at radius 2 is 1.82 bits per heavy atom. The minimum Gasteiger partial charge on any atom is -0.493 e. The Hall–Kier alpha value is -3.20. The molecule has 1 aliphatic carbocycles. The zero-order valence-electron chi connectivity index (χ0n) is 16.3. The number of amides is 2. The van der Waals surface area contributed by atoms with E-state index in [-0.39, 0.29) is 11.8 Å². The molecule has 0 aromatic heterocycles. The second-order valence-electron chi connectivity index (χ2n) is 6.54. The summed E-state index contributed by atoms with van der Waals surface area (Å²) < 4.78 is 15.9. The monoisotopic (exact) mass is 381 g/mol. The molecular weight excluding hydrogens is 358 g/mol. The molecule has 6 nitrogen and oxygen atoms in total. The average molecular weight is 381 g/mol. The number of methoxy groups -OCH3 is 3. The molecule has 1 fully saturated rings. The third kappa shape index (κ3) is 4.37. The highest BCUT2D eigenvalue weighted by Gasteiger charge is 2.26. The van der Waals surface area contributed by atoms with Crippen molar-refractivity contribution in [2.45, 2.75) is 19.3 Å². The van der Waals surface area contributed by atoms with Crippen LogP contribution in [0.4, 0.5) is 0 Å². The van der Waals surface area contributed by atoms with E-state index in [1.165, 1.54) is 32.3 Å². The van der Waals surface area contributed by atoms with Crippen molar-refractivity contribution >= 4 is 17.9 Å². The van der Waals surface area contributed by atoms with Gasteiger partial charge in [-0.3, -0.25) is 14.5 Å². The lowest BCUT2D eigenvalue weighted by Crippen LogP contribution is -2.39. The molecule has 0 radical (unpaired) electrons. The molecule has 3 rings (SSSR count). The van der Waals surface area contributed by atoms with Gasteiger partial charge in [-0.1, -0.05) is 17.9 Å². The highest BCUT2D eigenvalue weighted by molar-refractivity contribution is 6.11. The van der Waals surface area contributed by atoms with E-state index in [2.05, 4.69) is 11.8 Å². The first-order chi connectivity index (χ1) is 13.6. The van der Waals surface area contributed by atoms with Crippen molar-refractivity contribution in [2.24, 2.45) is 5.92 Å². The first-order valence-electron chi connectivity index (χ1n) is 9.13. The van der Waals surface area contributed by atoms with E-state index in [0.29, 0.717) is 47.3 Å². The summed E-state index contributed by atoms with van der Waals surface area (Å²) in [5.74, 6) is 7.15. The van der Waals surface area contributed by atoms with Gasteiger partial charge in [-0.25, -0.2) is 0 Å². The van der Waals surface area contributed by atoms with Crippen LogP contribution in [0.25, 0.3) is 6.08 Å². The minimum atomic E-state index is -0.377. The van der Waals surface area contributed by atoms with Crippen LogP contribution in [-0.2, 0) is 9.59 Å². The lowest BCUT2D eigenvalue weighted by Gasteiger charge is -2.22. The summed E-state index contributed by atoms with van der Waals surface area (Å²) in [5, 5.41) is 0. The van der Waals surface area contributed by atoms with Crippen LogP contribution >= 0.6 is 0 Å². The number of carbonyl (C=O) groups excluding carboxylic acids is 2. The number of nitrogens with zero attached hydrogens (tertiary/aromatic N) is 1. The van der Waals surface area contributed by atoms with Crippen molar-refractivity contribution in [2.75, 3.05) is 27.9 Å². The van der Waals surface area contributed by atoms with Gasteiger partial charge in [0.05, 0.1) is 26.9 Å². The van der Waals surface area contributed by atoms with Gasteiger partial charge in [0, 0.05) is 18.5 Å². The van der Waals surface area contributed by atoms with Gasteiger partial charge in [0.15, 0.2) is 11.5 Å². The summed E-state index contributed by atoms with van der Waals surface area (Å²) in [7, 11) is 4.58. The maximum absolute atomic E-state index is 12.6. The van der Waals surface area contributed by atoms with Crippen molar-refractivity contribution in [3.63, 3.8) is 0 Å². The molecule has 0 saturated heterocycles. The third-order valence-electron chi connectivity index (χ3n) is 4.54. The Kier molecular flexibility index (Phi) is 6.05. The molecule has 28 heavy (non-hydrogen) atoms. The number of imide groups is 1. The van der Waals surface area contributed by atoms with Crippen molar-refractivity contribution in [3.05, 3.63) is 35.4 Å². The topological polar surface area (TPSA) is 65.1 Å². The van der Waals surface area contributed by atoms with Gasteiger partial charge < -0.3 is 14.2 Å². The summed E-state index contributed by atoms with van der Waals surface area (Å²) in [4.78, 5) is 26.3. The summed E-state index contributed by atoms with van der Waals surface area (Å²) in [6.45, 7) is 0.353. The minimum absolute atomic E-state index is 0.334. The summed E-state index contributed by atoms with van der Waals surface area (Å²) in [6.07, 6.45) is 7.60. The van der Waals surface area contributed by atoms with Crippen LogP contribution in [0.2, 0.25) is 0 Å². The van der Waals surface area contributed by atoms with Crippen LogP contribution < -0.4 is 14.2 Å². The quantitative estimate of drug-likeness (QED) is 0.580. The molecule has 6 heteroatoms. The highest BCUT2D eigenvalue weighted by atomic mass is 16.5. The Balaban J connectivity index is 1.75. The van der Waals surface area contributed by atoms with Crippen LogP contribution in [0.1, 0.15) is 24.8 Å². The summed E-state index contributed by atoms with van der Waals surface area (Å²) in [5.41, 5.74) is 1.10. The SMILES string of the molecule is COc1cc(/C=C/C(=O)N2CCC=C(C#CC3CC3)C2=O)cc(OC)c1OC. The number of benzene rings is 1. The summed E-state index contributed by atoms with van der Waals surface area (Å²) >= 11 is 0. The Morgan fingerprint density at radius 3 is 2.39 bits per heavy atom. The van der Waals surface area contributed by atoms with E-state index in [1.54, 1.807) is 18.2 Å². The number of hydrogen-bond donors (Lipinski definition) is 0. The summed E-state index contributed by atoms with van der Waals surface area (Å²) in [6, 6.07) is 3.46. The van der Waals surface area contributed by atoms with Gasteiger partial charge in [-0.15, -0.1) is 0 Å². The van der Waals surface area contributed by atoms with Crippen molar-refractivity contribution in [3.8, 4) is 29.1 Å². The number of carbonyl (C=O) groups is 2. The third-order valence-corrected chi connectivity index (χ3v) is 4.54. The van der Waals surface area contributed by atoms with E-state index in [1.807, 2.05) is 6.08 Å². The fraction of sp³-hybridized carbons (Fsp3) is 0.364. The second-order valence-corrected chi connectivity index (χ2v) is 6.54. The lowest BCUT2D eigenvalue weighted by atomic mass is 10.1. The maximum atomic E-state index is 12.6. The fourth-order valence-electron chi connectivity index (χ4n) is 2.85. The molecule has 1 saturated carbocycles. The predicted molar refractivity (Wildman–Crippen MR) is 105 cm³/mol. The molecule has 0 unspecified atom stereocenters. The number of hydrogen-bond acceptors (Lipinski definition) is 5. The Morgan fingerprint density at radius 1 is 1.14 bits per heavy atom. The van der Waals surface area contributed by atoms with Crippen LogP contribution in [0.15, 0.2) is 29.9 Å². The zero-order valence-corrected chi connectivity index (χ0v) is 16.3. The lowest BCUT2D eigenvalue weighted by molar-refractivity contribution is -0.139. The number of rotatable bonds is 5. The van der Waals surface area contributed by atoms with Gasteiger partial charge in [0.1, 0.15) is 0 Å². The largest absolute Gasteiger partial charge is 0.493 e. The molecule has 0 N–H and O–H groups in total. The van der Waals surface area contributed by atoms with E-state index in [9.17, 15) is 9.59 Å². The molecule has 1 aromatic rings. The molecule has 1 heterocycles. The predicted octanol–water partition coefficient (Wildman–Crippen LogP) is 2.82. The first kappa shape index (κ1) is 19.6. The van der Waals surface area contributed by atoms with Crippen LogP contribution in [0.3, 0.4) is 0 Å². The normalized spacial score (nSPS) is 16.3. The maximum Gasteiger partial charge on any atom is 0.268 e. The zero-order chi connectivity index (χ0) is 20.1. The van der Waals surface area contributed by atoms with E-state index < -0.39 is 0 Å². The number of ether oxygens (including phenoxy) is 3. The fourth-order valence-corrected chi connectivity index (χ4v) is 2.85. The Bertz CT molecular complexity index is 874. The standard InChI is InChI=1S/C22H23NO5/c1-26-18-13-16(14-19(27-2)21(18)28-3)9-11-20(24)23-12-4-5-17(22(23)25)10-8-15-6-7-15/h5,9,11,13-15H,4,6-7,12H2,1-3H3/b11-9+. The second kappa shape index (κ2) is 8.66. The molecule has 0 spiro atoms. The molecule has 146 valence electrons. The van der Waals surface area contributed by atoms with E-state index >= 15 is 0 Å². The van der Waals surface area contributed by atoms with Crippen molar-refractivity contribution < 1.29 is 23.8 Å². The molecule has 2 aliphatic rings. The molecule has 1 aliphatic heterocycles. The van der Waals surface area contributed by atoms with Gasteiger partial charge in [0.2, 0.25) is 5.75 Å². The molecular formula is C22H23NO5. The Labute approximate surface area is 164 Å². The van der Waals surface area contributed by atoms with Gasteiger partial charge >= 0.3 is 0 Å². The average Bonchev–Trinajstić information content (AvgIpc) is 3.54. The van der Waals surface area contributed by atoms with Crippen LogP contribution in [-0.4, -0.2) is 44.6 Å². The molecule has 1 aromatic carbocycles. The first-order valence-corrected chi connectivity index (χ1v) is 9.13. The van der Waals surface area contributed by atoms with Gasteiger partial charge in [-0.2, -0.15) is 0 Å². The van der Waals surface area contributed by atoms with Crippen molar-refractivity contribution in [1.82, 2.24) is 4.90 Å². The molecule has 0 atom stereocenters. The van der Waals surface area contributed by atoms with Gasteiger partial charge in [0.25, 0.3) is 11.8 Å². The van der Waals surface area contributed by atoms with E-state index in [0.717, 1.165) is 12.8 Å². The highest BCUT2D eigenvalue weighted by Crippen LogP contribution is 2.38. The van der Waals surface area contributed by atoms with Gasteiger partial charge in [-0.05, 0) is 43.0 Å². The smallest absolute Gasteiger partial charge is 0.268 e. The molecule has 2 amide bonds.